The van der Waals surface area contributed by atoms with Gasteiger partial charge >= 0.3 is 0 Å². The summed E-state index contributed by atoms with van der Waals surface area (Å²) in [5.74, 6) is 0.157. The first-order valence-corrected chi connectivity index (χ1v) is 12.9. The smallest absolute Gasteiger partial charge is 0.274 e. The Morgan fingerprint density at radius 3 is 2.52 bits per heavy atom. The van der Waals surface area contributed by atoms with E-state index in [9.17, 15) is 9.18 Å². The molecule has 40 heavy (non-hydrogen) atoms. The van der Waals surface area contributed by atoms with Crippen molar-refractivity contribution < 1.29 is 8.78 Å². The fraction of sp³-hybridized carbons (Fsp3) is 0.250. The van der Waals surface area contributed by atoms with E-state index in [-0.39, 0.29) is 39.9 Å². The first kappa shape index (κ1) is 25.9. The molecule has 0 N–H and O–H groups in total. The highest BCUT2D eigenvalue weighted by atomic mass is 35.5. The van der Waals surface area contributed by atoms with Crippen molar-refractivity contribution in [1.29, 1.82) is 0 Å². The largest absolute Gasteiger partial charge is 0.277 e. The Bertz CT molecular complexity index is 1870. The molecule has 0 radical (unpaired) electrons. The molecule has 5 aromatic heterocycles. The molecule has 12 heteroatoms. The summed E-state index contributed by atoms with van der Waals surface area (Å²) in [5, 5.41) is 4.29. The van der Waals surface area contributed by atoms with E-state index < -0.39 is 17.2 Å². The van der Waals surface area contributed by atoms with E-state index in [1.165, 1.54) is 33.8 Å². The van der Waals surface area contributed by atoms with Crippen LogP contribution < -0.4 is 5.56 Å². The molecule has 9 nitrogen and oxygen atoms in total. The van der Waals surface area contributed by atoms with Crippen LogP contribution in [0.15, 0.2) is 47.8 Å². The van der Waals surface area contributed by atoms with Gasteiger partial charge in [0.1, 0.15) is 28.2 Å². The van der Waals surface area contributed by atoms with Gasteiger partial charge in [-0.3, -0.25) is 19.3 Å². The third kappa shape index (κ3) is 4.36. The normalized spacial score (nSPS) is 16.4. The molecule has 0 spiro atoms. The number of rotatable bonds is 5. The predicted molar refractivity (Wildman–Crippen MR) is 144 cm³/mol. The summed E-state index contributed by atoms with van der Waals surface area (Å²) in [5.41, 5.74) is 2.02. The van der Waals surface area contributed by atoms with Crippen molar-refractivity contribution in [2.75, 3.05) is 0 Å². The Balaban J connectivity index is 1.42. The van der Waals surface area contributed by atoms with E-state index in [0.29, 0.717) is 34.9 Å². The van der Waals surface area contributed by atoms with Crippen LogP contribution in [0.2, 0.25) is 5.02 Å². The van der Waals surface area contributed by atoms with E-state index >= 15 is 4.39 Å². The highest BCUT2D eigenvalue weighted by Gasteiger charge is 2.42. The van der Waals surface area contributed by atoms with Crippen molar-refractivity contribution in [2.45, 2.75) is 46.0 Å². The van der Waals surface area contributed by atoms with Crippen LogP contribution in [0.25, 0.3) is 23.0 Å². The molecule has 5 aromatic rings. The number of halogens is 3. The van der Waals surface area contributed by atoms with E-state index in [1.54, 1.807) is 40.0 Å². The maximum Gasteiger partial charge on any atom is 0.274 e. The van der Waals surface area contributed by atoms with E-state index in [0.717, 1.165) is 11.8 Å². The summed E-state index contributed by atoms with van der Waals surface area (Å²) in [6, 6.07) is 4.77. The second kappa shape index (κ2) is 9.67. The molecular weight excluding hydrogens is 538 g/mol. The third-order valence-electron chi connectivity index (χ3n) is 7.06. The molecule has 0 amide bonds. The lowest BCUT2D eigenvalue weighted by Crippen LogP contribution is -2.24. The molecule has 1 saturated carbocycles. The van der Waals surface area contributed by atoms with Crippen LogP contribution in [0.3, 0.4) is 0 Å². The lowest BCUT2D eigenvalue weighted by molar-refractivity contribution is 0.609. The summed E-state index contributed by atoms with van der Waals surface area (Å²) in [4.78, 5) is 34.8. The van der Waals surface area contributed by atoms with Gasteiger partial charge in [0.15, 0.2) is 5.82 Å². The zero-order valence-electron chi connectivity index (χ0n) is 22.0. The minimum absolute atomic E-state index is 0.000902. The number of nitrogens with zero attached hydrogens (tertiary/aromatic N) is 8. The molecule has 0 aromatic carbocycles. The van der Waals surface area contributed by atoms with Gasteiger partial charge in [-0.1, -0.05) is 11.6 Å². The Morgan fingerprint density at radius 2 is 1.80 bits per heavy atom. The Morgan fingerprint density at radius 1 is 1.00 bits per heavy atom. The van der Waals surface area contributed by atoms with Crippen LogP contribution in [0.4, 0.5) is 8.78 Å². The zero-order chi connectivity index (χ0) is 28.3. The van der Waals surface area contributed by atoms with Gasteiger partial charge in [-0.2, -0.15) is 4.68 Å². The highest BCUT2D eigenvalue weighted by molar-refractivity contribution is 6.31. The summed E-state index contributed by atoms with van der Waals surface area (Å²) in [7, 11) is 0. The maximum atomic E-state index is 16.2. The topological polar surface area (TPSA) is 104 Å². The van der Waals surface area contributed by atoms with Gasteiger partial charge in [-0.25, -0.2) is 23.7 Å². The molecule has 0 aliphatic heterocycles. The molecular formula is C28H23ClF2N8O. The number of pyridine rings is 3. The number of hydrogen-bond donors (Lipinski definition) is 0. The molecule has 1 aliphatic rings. The average Bonchev–Trinajstić information content (AvgIpc) is 3.64. The molecule has 1 aliphatic carbocycles. The van der Waals surface area contributed by atoms with Gasteiger partial charge in [0.05, 0.1) is 17.6 Å². The summed E-state index contributed by atoms with van der Waals surface area (Å²) >= 11 is 6.61. The van der Waals surface area contributed by atoms with Gasteiger partial charge in [-0.15, -0.1) is 5.10 Å². The number of aromatic nitrogens is 8. The first-order valence-electron chi connectivity index (χ1n) is 12.6. The van der Waals surface area contributed by atoms with Crippen LogP contribution in [0.1, 0.15) is 52.3 Å². The third-order valence-corrected chi connectivity index (χ3v) is 7.44. The molecule has 0 saturated heterocycles. The lowest BCUT2D eigenvalue weighted by Gasteiger charge is -2.17. The van der Waals surface area contributed by atoms with Gasteiger partial charge < -0.3 is 0 Å². The standard InChI is InChI=1S/C28H23ClF2N8O/c1-13-10-34-25(22-5-6-33-28(36-22)39-16(4)35-15(3)37-39)24(31)26(13)38-14(2)7-21(23(29)27(38)40)20-9-19(20)17-8-18(30)12-32-11-17/h5-8,10-12,19-20H,9H2,1-4H3/t19-,20+/m1/s1. The molecule has 2 atom stereocenters. The molecule has 6 rings (SSSR count). The van der Waals surface area contributed by atoms with Crippen molar-refractivity contribution in [3.8, 4) is 23.0 Å². The molecule has 0 unspecified atom stereocenters. The molecule has 5 heterocycles. The van der Waals surface area contributed by atoms with Gasteiger partial charge in [0.25, 0.3) is 11.5 Å². The minimum atomic E-state index is -0.722. The fourth-order valence-corrected chi connectivity index (χ4v) is 5.41. The van der Waals surface area contributed by atoms with E-state index in [1.807, 2.05) is 0 Å². The lowest BCUT2D eigenvalue weighted by atomic mass is 10.0. The van der Waals surface area contributed by atoms with Crippen molar-refractivity contribution in [1.82, 2.24) is 39.3 Å². The van der Waals surface area contributed by atoms with Crippen LogP contribution >= 0.6 is 11.6 Å². The molecule has 0 bridgehead atoms. The van der Waals surface area contributed by atoms with Gasteiger partial charge in [0, 0.05) is 24.3 Å². The summed E-state index contributed by atoms with van der Waals surface area (Å²) in [6.45, 7) is 6.91. The Labute approximate surface area is 232 Å². The maximum absolute atomic E-state index is 16.2. The highest BCUT2D eigenvalue weighted by Crippen LogP contribution is 2.55. The van der Waals surface area contributed by atoms with Crippen molar-refractivity contribution in [2.24, 2.45) is 0 Å². The van der Waals surface area contributed by atoms with Crippen molar-refractivity contribution >= 4 is 11.6 Å². The van der Waals surface area contributed by atoms with Crippen LogP contribution in [0, 0.1) is 39.3 Å². The molecule has 202 valence electrons. The predicted octanol–water partition coefficient (Wildman–Crippen LogP) is 5.10. The quantitative estimate of drug-likeness (QED) is 0.294. The zero-order valence-corrected chi connectivity index (χ0v) is 22.8. The average molecular weight is 561 g/mol. The van der Waals surface area contributed by atoms with Crippen molar-refractivity contribution in [3.05, 3.63) is 104 Å². The first-order chi connectivity index (χ1) is 19.1. The Kier molecular flexibility index (Phi) is 6.25. The number of aryl methyl sites for hydroxylation is 4. The van der Waals surface area contributed by atoms with E-state index in [2.05, 4.69) is 30.0 Å². The Hall–Kier alpha value is -4.38. The van der Waals surface area contributed by atoms with Gasteiger partial charge in [0.2, 0.25) is 0 Å². The van der Waals surface area contributed by atoms with Crippen LogP contribution in [-0.2, 0) is 0 Å². The van der Waals surface area contributed by atoms with Crippen LogP contribution in [0.5, 0.6) is 0 Å². The van der Waals surface area contributed by atoms with Gasteiger partial charge in [-0.05, 0) is 80.8 Å². The SMILES string of the molecule is Cc1nc(C)n(-c2nccc(-c3ncc(C)c(-n4c(C)cc([C@H]5C[C@@H]5c5cncc(F)c5)c(Cl)c4=O)c3F)n2)n1. The number of hydrogen-bond acceptors (Lipinski definition) is 7. The van der Waals surface area contributed by atoms with E-state index in [4.69, 9.17) is 11.6 Å². The monoisotopic (exact) mass is 560 g/mol. The van der Waals surface area contributed by atoms with Crippen LogP contribution in [-0.4, -0.2) is 39.3 Å². The summed E-state index contributed by atoms with van der Waals surface area (Å²) < 4.78 is 32.6. The summed E-state index contributed by atoms with van der Waals surface area (Å²) in [6.07, 6.45) is 6.45. The second-order valence-corrected chi connectivity index (χ2v) is 10.3. The minimum Gasteiger partial charge on any atom is -0.277 e. The molecule has 1 fully saturated rings. The second-order valence-electron chi connectivity index (χ2n) is 9.89. The fourth-order valence-electron chi connectivity index (χ4n) is 5.13. The van der Waals surface area contributed by atoms with Crippen molar-refractivity contribution in [3.63, 3.8) is 0 Å².